The molecular formula is C26H34N4O4. The molecule has 4 rings (SSSR count). The second-order valence-electron chi connectivity index (χ2n) is 8.84. The first-order valence-corrected chi connectivity index (χ1v) is 12.0. The van der Waals surface area contributed by atoms with E-state index in [1.165, 1.54) is 7.11 Å². The number of pyridine rings is 1. The second-order valence-corrected chi connectivity index (χ2v) is 8.84. The van der Waals surface area contributed by atoms with Gasteiger partial charge in [-0.3, -0.25) is 14.7 Å². The number of benzene rings is 1. The maximum absolute atomic E-state index is 12.8. The third-order valence-electron chi connectivity index (χ3n) is 6.74. The van der Waals surface area contributed by atoms with Gasteiger partial charge in [-0.05, 0) is 48.7 Å². The van der Waals surface area contributed by atoms with E-state index in [9.17, 15) is 9.59 Å². The number of ether oxygens (including phenoxy) is 2. The summed E-state index contributed by atoms with van der Waals surface area (Å²) in [5.41, 5.74) is 2.81. The topological polar surface area (TPSA) is 84.0 Å². The number of amides is 1. The molecule has 0 radical (unpaired) electrons. The average Bonchev–Trinajstić information content (AvgIpc) is 3.24. The van der Waals surface area contributed by atoms with Gasteiger partial charge in [0, 0.05) is 51.0 Å². The van der Waals surface area contributed by atoms with Crippen molar-refractivity contribution < 1.29 is 19.1 Å². The van der Waals surface area contributed by atoms with Crippen molar-refractivity contribution in [3.8, 4) is 0 Å². The molecule has 1 amide bonds. The fraction of sp³-hybridized carbons (Fsp3) is 0.500. The van der Waals surface area contributed by atoms with E-state index in [0.717, 1.165) is 56.8 Å². The van der Waals surface area contributed by atoms with E-state index < -0.39 is 0 Å². The lowest BCUT2D eigenvalue weighted by atomic mass is 10.0. The van der Waals surface area contributed by atoms with Crippen LogP contribution in [0.4, 0.5) is 0 Å². The quantitative estimate of drug-likeness (QED) is 0.425. The number of likely N-dealkylation sites (tertiary alicyclic amines) is 1. The van der Waals surface area contributed by atoms with Gasteiger partial charge in [-0.15, -0.1) is 0 Å². The van der Waals surface area contributed by atoms with Crippen LogP contribution < -0.4 is 5.32 Å². The Balaban J connectivity index is 1.32. The molecule has 0 bridgehead atoms. The first-order valence-electron chi connectivity index (χ1n) is 12.0. The maximum atomic E-state index is 12.8. The molecule has 8 nitrogen and oxygen atoms in total. The van der Waals surface area contributed by atoms with Crippen molar-refractivity contribution in [3.63, 3.8) is 0 Å². The summed E-state index contributed by atoms with van der Waals surface area (Å²) in [5.74, 6) is -0.0854. The molecule has 3 heterocycles. The van der Waals surface area contributed by atoms with Gasteiger partial charge in [0.15, 0.2) is 0 Å². The fourth-order valence-corrected chi connectivity index (χ4v) is 4.80. The summed E-state index contributed by atoms with van der Waals surface area (Å²) in [6.45, 7) is 5.39. The van der Waals surface area contributed by atoms with Gasteiger partial charge in [-0.1, -0.05) is 18.2 Å². The van der Waals surface area contributed by atoms with Gasteiger partial charge < -0.3 is 19.7 Å². The number of esters is 1. The van der Waals surface area contributed by atoms with Crippen molar-refractivity contribution in [2.24, 2.45) is 0 Å². The molecule has 2 aromatic rings. The molecule has 0 saturated carbocycles. The number of nitrogens with zero attached hydrogens (tertiary/aromatic N) is 3. The van der Waals surface area contributed by atoms with Crippen LogP contribution in [0.3, 0.4) is 0 Å². The Labute approximate surface area is 201 Å². The van der Waals surface area contributed by atoms with E-state index in [0.29, 0.717) is 25.1 Å². The van der Waals surface area contributed by atoms with Crippen molar-refractivity contribution in [2.45, 2.75) is 37.9 Å². The van der Waals surface area contributed by atoms with Gasteiger partial charge in [0.05, 0.1) is 31.9 Å². The smallest absolute Gasteiger partial charge is 0.337 e. The third-order valence-corrected chi connectivity index (χ3v) is 6.74. The number of aromatic nitrogens is 1. The van der Waals surface area contributed by atoms with Crippen molar-refractivity contribution in [2.75, 3.05) is 46.5 Å². The molecule has 1 aromatic heterocycles. The highest BCUT2D eigenvalue weighted by Gasteiger charge is 2.34. The largest absolute Gasteiger partial charge is 0.465 e. The van der Waals surface area contributed by atoms with Crippen LogP contribution >= 0.6 is 0 Å². The van der Waals surface area contributed by atoms with E-state index in [1.54, 1.807) is 18.3 Å². The highest BCUT2D eigenvalue weighted by Crippen LogP contribution is 2.28. The Hall–Kier alpha value is -2.81. The minimum atomic E-state index is -0.327. The van der Waals surface area contributed by atoms with Crippen LogP contribution in [0.5, 0.6) is 0 Å². The van der Waals surface area contributed by atoms with Crippen LogP contribution in [0.25, 0.3) is 0 Å². The Kier molecular flexibility index (Phi) is 8.62. The number of carbonyl (C=O) groups excluding carboxylic acids is 2. The van der Waals surface area contributed by atoms with Crippen LogP contribution in [-0.2, 0) is 20.8 Å². The number of nitrogens with one attached hydrogen (secondary N) is 1. The molecule has 2 aliphatic heterocycles. The lowest BCUT2D eigenvalue weighted by Crippen LogP contribution is -2.46. The van der Waals surface area contributed by atoms with Crippen LogP contribution in [-0.4, -0.2) is 79.2 Å². The van der Waals surface area contributed by atoms with E-state index in [1.807, 2.05) is 24.4 Å². The summed E-state index contributed by atoms with van der Waals surface area (Å²) < 4.78 is 10.3. The number of methoxy groups -OCH3 is 1. The average molecular weight is 467 g/mol. The number of hydrogen-bond donors (Lipinski definition) is 1. The van der Waals surface area contributed by atoms with Gasteiger partial charge in [0.2, 0.25) is 5.91 Å². The molecule has 1 N–H and O–H groups in total. The summed E-state index contributed by atoms with van der Waals surface area (Å²) in [6.07, 6.45) is 6.13. The Morgan fingerprint density at radius 3 is 2.74 bits per heavy atom. The van der Waals surface area contributed by atoms with Crippen molar-refractivity contribution in [3.05, 3.63) is 65.5 Å². The molecule has 0 spiro atoms. The number of carbonyl (C=O) groups is 2. The van der Waals surface area contributed by atoms with E-state index >= 15 is 0 Å². The van der Waals surface area contributed by atoms with Gasteiger partial charge in [0.1, 0.15) is 0 Å². The zero-order valence-electron chi connectivity index (χ0n) is 19.8. The second kappa shape index (κ2) is 12.1. The van der Waals surface area contributed by atoms with Gasteiger partial charge in [-0.2, -0.15) is 0 Å². The number of hydrogen-bond acceptors (Lipinski definition) is 7. The van der Waals surface area contributed by atoms with Crippen LogP contribution in [0.15, 0.2) is 48.8 Å². The first kappa shape index (κ1) is 24.3. The minimum absolute atomic E-state index is 0.128. The summed E-state index contributed by atoms with van der Waals surface area (Å²) >= 11 is 0. The lowest BCUT2D eigenvalue weighted by molar-refractivity contribution is -0.130. The van der Waals surface area contributed by atoms with Gasteiger partial charge in [-0.25, -0.2) is 4.79 Å². The molecule has 2 aliphatic rings. The molecule has 1 aromatic carbocycles. The normalized spacial score (nSPS) is 19.9. The Morgan fingerprint density at radius 2 is 2.03 bits per heavy atom. The highest BCUT2D eigenvalue weighted by molar-refractivity contribution is 5.89. The fourth-order valence-electron chi connectivity index (χ4n) is 4.80. The van der Waals surface area contributed by atoms with Crippen molar-refractivity contribution >= 4 is 11.9 Å². The number of morpholine rings is 1. The zero-order chi connectivity index (χ0) is 23.8. The molecular weight excluding hydrogens is 432 g/mol. The highest BCUT2D eigenvalue weighted by atomic mass is 16.5. The zero-order valence-corrected chi connectivity index (χ0v) is 19.8. The predicted molar refractivity (Wildman–Crippen MR) is 128 cm³/mol. The Bertz CT molecular complexity index is 932. The summed E-state index contributed by atoms with van der Waals surface area (Å²) in [6, 6.07) is 11.9. The molecule has 182 valence electrons. The standard InChI is InChI=1S/C26H34N4O4/c1-33-26(32)21-6-4-20(5-7-21)17-28-12-10-23-8-9-25(31)30(23)19-24(22-3-2-11-27-18-22)29-13-15-34-16-14-29/h2-7,11,18,23-24,28H,8-10,12-17,19H2,1H3. The predicted octanol–water partition coefficient (Wildman–Crippen LogP) is 2.41. The lowest BCUT2D eigenvalue weighted by Gasteiger charge is -2.38. The van der Waals surface area contributed by atoms with Crippen molar-refractivity contribution in [1.82, 2.24) is 20.1 Å². The summed E-state index contributed by atoms with van der Waals surface area (Å²) in [4.78, 5) is 33.2. The molecule has 0 aliphatic carbocycles. The van der Waals surface area contributed by atoms with Gasteiger partial charge in [0.25, 0.3) is 0 Å². The monoisotopic (exact) mass is 466 g/mol. The Morgan fingerprint density at radius 1 is 1.24 bits per heavy atom. The minimum Gasteiger partial charge on any atom is -0.465 e. The third kappa shape index (κ3) is 6.20. The van der Waals surface area contributed by atoms with Gasteiger partial charge >= 0.3 is 5.97 Å². The molecule has 2 unspecified atom stereocenters. The molecule has 2 saturated heterocycles. The molecule has 2 atom stereocenters. The van der Waals surface area contributed by atoms with E-state index in [4.69, 9.17) is 9.47 Å². The van der Waals surface area contributed by atoms with Crippen LogP contribution in [0, 0.1) is 0 Å². The molecule has 2 fully saturated rings. The van der Waals surface area contributed by atoms with Crippen LogP contribution in [0.2, 0.25) is 0 Å². The maximum Gasteiger partial charge on any atom is 0.337 e. The molecule has 34 heavy (non-hydrogen) atoms. The summed E-state index contributed by atoms with van der Waals surface area (Å²) in [7, 11) is 1.38. The SMILES string of the molecule is COC(=O)c1ccc(CNCCC2CCC(=O)N2CC(c2cccnc2)N2CCOCC2)cc1. The van der Waals surface area contributed by atoms with Crippen LogP contribution in [0.1, 0.15) is 46.8 Å². The van der Waals surface area contributed by atoms with E-state index in [-0.39, 0.29) is 24.0 Å². The molecule has 8 heteroatoms. The summed E-state index contributed by atoms with van der Waals surface area (Å²) in [5, 5.41) is 3.48. The van der Waals surface area contributed by atoms with E-state index in [2.05, 4.69) is 26.2 Å². The number of rotatable bonds is 10. The van der Waals surface area contributed by atoms with Crippen molar-refractivity contribution in [1.29, 1.82) is 0 Å². The first-order chi connectivity index (χ1) is 16.7.